The van der Waals surface area contributed by atoms with E-state index in [1.165, 1.54) is 11.3 Å². The van der Waals surface area contributed by atoms with Crippen molar-refractivity contribution in [1.82, 2.24) is 14.4 Å². The van der Waals surface area contributed by atoms with Crippen LogP contribution >= 0.6 is 11.3 Å². The van der Waals surface area contributed by atoms with Crippen LogP contribution in [-0.2, 0) is 11.3 Å². The third kappa shape index (κ3) is 2.69. The van der Waals surface area contributed by atoms with E-state index >= 15 is 0 Å². The van der Waals surface area contributed by atoms with Crippen molar-refractivity contribution in [2.45, 2.75) is 13.5 Å². The average molecular weight is 339 g/mol. The molecule has 0 aliphatic carbocycles. The predicted octanol–water partition coefficient (Wildman–Crippen LogP) is 3.72. The molecule has 0 fully saturated rings. The smallest absolute Gasteiger partial charge is 0.358 e. The summed E-state index contributed by atoms with van der Waals surface area (Å²) in [6.07, 6.45) is 5.34. The molecule has 0 spiro atoms. The van der Waals surface area contributed by atoms with E-state index in [-0.39, 0.29) is 12.3 Å². The first-order valence-corrected chi connectivity index (χ1v) is 8.18. The zero-order valence-electron chi connectivity index (χ0n) is 12.8. The van der Waals surface area contributed by atoms with Gasteiger partial charge < -0.3 is 13.6 Å². The topological polar surface area (TPSA) is 69.6 Å². The molecular formula is C17H13N3O3S. The van der Waals surface area contributed by atoms with Crippen LogP contribution in [0, 0.1) is 6.92 Å². The number of aromatic nitrogens is 3. The number of carbonyl (C=O) groups is 1. The van der Waals surface area contributed by atoms with E-state index in [0.717, 1.165) is 11.2 Å². The molecule has 0 radical (unpaired) electrons. The summed E-state index contributed by atoms with van der Waals surface area (Å²) in [5.41, 5.74) is 2.89. The van der Waals surface area contributed by atoms with Gasteiger partial charge in [0.25, 0.3) is 0 Å². The second-order valence-corrected chi connectivity index (χ2v) is 6.10. The van der Waals surface area contributed by atoms with Gasteiger partial charge in [-0.3, -0.25) is 0 Å². The van der Waals surface area contributed by atoms with E-state index in [1.54, 1.807) is 23.8 Å². The monoisotopic (exact) mass is 339 g/mol. The highest BCUT2D eigenvalue weighted by molar-refractivity contribution is 7.13. The van der Waals surface area contributed by atoms with E-state index < -0.39 is 5.97 Å². The van der Waals surface area contributed by atoms with E-state index in [4.69, 9.17) is 9.15 Å². The van der Waals surface area contributed by atoms with E-state index in [1.807, 2.05) is 35.9 Å². The summed E-state index contributed by atoms with van der Waals surface area (Å²) in [6, 6.07) is 7.52. The number of aryl methyl sites for hydroxylation is 1. The Labute approximate surface area is 141 Å². The lowest BCUT2D eigenvalue weighted by atomic mass is 10.3. The quantitative estimate of drug-likeness (QED) is 0.530. The summed E-state index contributed by atoms with van der Waals surface area (Å²) < 4.78 is 12.5. The first-order valence-electron chi connectivity index (χ1n) is 7.30. The lowest BCUT2D eigenvalue weighted by Crippen LogP contribution is -2.05. The van der Waals surface area contributed by atoms with Crippen LogP contribution in [0.4, 0.5) is 0 Å². The van der Waals surface area contributed by atoms with Crippen LogP contribution in [0.15, 0.2) is 52.7 Å². The van der Waals surface area contributed by atoms with Gasteiger partial charge in [0.15, 0.2) is 16.5 Å². The summed E-state index contributed by atoms with van der Waals surface area (Å²) in [5.74, 6) is 0.160. The number of hydrogen-bond acceptors (Lipinski definition) is 6. The molecule has 4 aromatic heterocycles. The summed E-state index contributed by atoms with van der Waals surface area (Å²) in [4.78, 5) is 20.9. The van der Waals surface area contributed by atoms with Gasteiger partial charge in [-0.25, -0.2) is 14.8 Å². The van der Waals surface area contributed by atoms with Crippen molar-refractivity contribution in [2.24, 2.45) is 0 Å². The Morgan fingerprint density at radius 1 is 1.33 bits per heavy atom. The Balaban J connectivity index is 1.47. The molecule has 0 aromatic carbocycles. The lowest BCUT2D eigenvalue weighted by Gasteiger charge is -1.99. The highest BCUT2D eigenvalue weighted by Crippen LogP contribution is 2.24. The molecule has 0 amide bonds. The second-order valence-electron chi connectivity index (χ2n) is 5.25. The zero-order chi connectivity index (χ0) is 16.5. The fraction of sp³-hybridized carbons (Fsp3) is 0.118. The Hall–Kier alpha value is -2.93. The van der Waals surface area contributed by atoms with Crippen LogP contribution in [0.25, 0.3) is 16.4 Å². The van der Waals surface area contributed by atoms with Crippen molar-refractivity contribution < 1.29 is 13.9 Å². The molecule has 7 heteroatoms. The van der Waals surface area contributed by atoms with Gasteiger partial charge in [-0.1, -0.05) is 6.07 Å². The Bertz CT molecular complexity index is 1000. The predicted molar refractivity (Wildman–Crippen MR) is 88.9 cm³/mol. The van der Waals surface area contributed by atoms with Gasteiger partial charge in [0, 0.05) is 17.8 Å². The standard InChI is InChI=1S/C17H13N3O3S/c1-11-4-2-6-20-8-12(18-15(11)20)9-23-17(21)13-10-24-16(19-13)14-5-3-7-22-14/h2-8,10H,9H2,1H3. The molecule has 0 saturated carbocycles. The maximum absolute atomic E-state index is 12.1. The fourth-order valence-corrected chi connectivity index (χ4v) is 3.12. The maximum atomic E-state index is 12.1. The minimum Gasteiger partial charge on any atom is -0.462 e. The van der Waals surface area contributed by atoms with Gasteiger partial charge in [0.05, 0.1) is 12.0 Å². The Kier molecular flexibility index (Phi) is 3.62. The first kappa shape index (κ1) is 14.6. The number of carbonyl (C=O) groups excluding carboxylic acids is 1. The minimum absolute atomic E-state index is 0.105. The van der Waals surface area contributed by atoms with Gasteiger partial charge in [0.1, 0.15) is 12.3 Å². The van der Waals surface area contributed by atoms with Crippen LogP contribution in [0.5, 0.6) is 0 Å². The van der Waals surface area contributed by atoms with E-state index in [2.05, 4.69) is 9.97 Å². The molecule has 0 atom stereocenters. The number of ether oxygens (including phenoxy) is 1. The fourth-order valence-electron chi connectivity index (χ4n) is 2.37. The number of nitrogens with zero attached hydrogens (tertiary/aromatic N) is 3. The number of thiazole rings is 1. The van der Waals surface area contributed by atoms with Gasteiger partial charge in [-0.15, -0.1) is 11.3 Å². The Morgan fingerprint density at radius 3 is 3.04 bits per heavy atom. The normalized spacial score (nSPS) is 11.0. The van der Waals surface area contributed by atoms with Gasteiger partial charge in [-0.05, 0) is 30.7 Å². The molecule has 4 heterocycles. The van der Waals surface area contributed by atoms with Crippen molar-refractivity contribution in [3.05, 3.63) is 65.3 Å². The van der Waals surface area contributed by atoms with E-state index in [9.17, 15) is 4.79 Å². The number of fused-ring (bicyclic) bond motifs is 1. The van der Waals surface area contributed by atoms with Crippen molar-refractivity contribution >= 4 is 23.0 Å². The maximum Gasteiger partial charge on any atom is 0.358 e. The minimum atomic E-state index is -0.474. The molecule has 4 aromatic rings. The van der Waals surface area contributed by atoms with Crippen molar-refractivity contribution in [2.75, 3.05) is 0 Å². The highest BCUT2D eigenvalue weighted by atomic mass is 32.1. The molecule has 120 valence electrons. The third-order valence-corrected chi connectivity index (χ3v) is 4.38. The van der Waals surface area contributed by atoms with Crippen LogP contribution in [0.3, 0.4) is 0 Å². The number of pyridine rings is 1. The van der Waals surface area contributed by atoms with Crippen LogP contribution in [0.2, 0.25) is 0 Å². The molecule has 0 saturated heterocycles. The number of furan rings is 1. The van der Waals surface area contributed by atoms with Crippen molar-refractivity contribution in [1.29, 1.82) is 0 Å². The van der Waals surface area contributed by atoms with Crippen molar-refractivity contribution in [3.8, 4) is 10.8 Å². The van der Waals surface area contributed by atoms with Crippen LogP contribution in [0.1, 0.15) is 21.7 Å². The molecule has 0 aliphatic heterocycles. The molecule has 0 bridgehead atoms. The average Bonchev–Trinajstić information content (AvgIpc) is 3.30. The molecule has 4 rings (SSSR count). The summed E-state index contributed by atoms with van der Waals surface area (Å²) in [6.45, 7) is 2.09. The van der Waals surface area contributed by atoms with E-state index in [0.29, 0.717) is 16.5 Å². The summed E-state index contributed by atoms with van der Waals surface area (Å²) >= 11 is 1.34. The molecule has 0 unspecified atom stereocenters. The molecule has 24 heavy (non-hydrogen) atoms. The molecule has 0 aliphatic rings. The lowest BCUT2D eigenvalue weighted by molar-refractivity contribution is 0.0462. The summed E-state index contributed by atoms with van der Waals surface area (Å²) in [7, 11) is 0. The van der Waals surface area contributed by atoms with Gasteiger partial charge >= 0.3 is 5.97 Å². The number of hydrogen-bond donors (Lipinski definition) is 0. The van der Waals surface area contributed by atoms with Gasteiger partial charge in [0.2, 0.25) is 0 Å². The van der Waals surface area contributed by atoms with Crippen LogP contribution in [-0.4, -0.2) is 20.3 Å². The largest absolute Gasteiger partial charge is 0.462 e. The molecule has 0 N–H and O–H groups in total. The SMILES string of the molecule is Cc1cccn2cc(COC(=O)c3csc(-c4ccco4)n3)nc12. The first-order chi connectivity index (χ1) is 11.7. The van der Waals surface area contributed by atoms with Crippen molar-refractivity contribution in [3.63, 3.8) is 0 Å². The zero-order valence-corrected chi connectivity index (χ0v) is 13.6. The molecular weight excluding hydrogens is 326 g/mol. The second kappa shape index (κ2) is 5.93. The molecule has 6 nitrogen and oxygen atoms in total. The van der Waals surface area contributed by atoms with Gasteiger partial charge in [-0.2, -0.15) is 0 Å². The van der Waals surface area contributed by atoms with Crippen LogP contribution < -0.4 is 0 Å². The number of esters is 1. The number of rotatable bonds is 4. The highest BCUT2D eigenvalue weighted by Gasteiger charge is 2.15. The number of imidazole rings is 1. The summed E-state index contributed by atoms with van der Waals surface area (Å²) in [5, 5.41) is 2.31. The Morgan fingerprint density at radius 2 is 2.25 bits per heavy atom. The third-order valence-electron chi connectivity index (χ3n) is 3.52.